The standard InChI is InChI=1S/C14H24N4O2/c1-10(2)15-9-7-12(19)17-13-11(18(3)4)6-8-16-14(13)20-5/h6,8,10,15H,7,9H2,1-5H3,(H,17,19). The van der Waals surface area contributed by atoms with Crippen molar-refractivity contribution in [3.8, 4) is 5.88 Å². The predicted molar refractivity (Wildman–Crippen MR) is 81.5 cm³/mol. The summed E-state index contributed by atoms with van der Waals surface area (Å²) in [5, 5.41) is 6.09. The normalized spacial score (nSPS) is 10.5. The molecule has 0 bridgehead atoms. The van der Waals surface area contributed by atoms with Crippen molar-refractivity contribution in [2.45, 2.75) is 26.3 Å². The van der Waals surface area contributed by atoms with Crippen LogP contribution in [0.5, 0.6) is 5.88 Å². The molecule has 1 rings (SSSR count). The van der Waals surface area contributed by atoms with E-state index in [2.05, 4.69) is 15.6 Å². The Bertz CT molecular complexity index is 447. The summed E-state index contributed by atoms with van der Waals surface area (Å²) in [6, 6.07) is 2.21. The molecule has 2 N–H and O–H groups in total. The molecular weight excluding hydrogens is 256 g/mol. The van der Waals surface area contributed by atoms with E-state index in [1.54, 1.807) is 6.20 Å². The zero-order valence-corrected chi connectivity index (χ0v) is 12.9. The molecule has 0 aliphatic heterocycles. The predicted octanol–water partition coefficient (Wildman–Crippen LogP) is 1.48. The minimum absolute atomic E-state index is 0.0625. The van der Waals surface area contributed by atoms with Gasteiger partial charge in [-0.2, -0.15) is 0 Å². The van der Waals surface area contributed by atoms with Gasteiger partial charge in [0.2, 0.25) is 11.8 Å². The maximum atomic E-state index is 12.0. The number of methoxy groups -OCH3 is 1. The fraction of sp³-hybridized carbons (Fsp3) is 0.571. The molecular formula is C14H24N4O2. The Hall–Kier alpha value is -1.82. The van der Waals surface area contributed by atoms with Crippen LogP contribution in [0.1, 0.15) is 20.3 Å². The average Bonchev–Trinajstić information content (AvgIpc) is 2.38. The van der Waals surface area contributed by atoms with E-state index in [1.165, 1.54) is 7.11 Å². The van der Waals surface area contributed by atoms with Crippen molar-refractivity contribution in [3.05, 3.63) is 12.3 Å². The van der Waals surface area contributed by atoms with Crippen molar-refractivity contribution in [2.75, 3.05) is 38.0 Å². The first-order valence-corrected chi connectivity index (χ1v) is 6.69. The Morgan fingerprint density at radius 2 is 2.15 bits per heavy atom. The molecule has 0 fully saturated rings. The third kappa shape index (κ3) is 4.70. The highest BCUT2D eigenvalue weighted by Crippen LogP contribution is 2.31. The molecule has 0 spiro atoms. The van der Waals surface area contributed by atoms with Crippen molar-refractivity contribution < 1.29 is 9.53 Å². The van der Waals surface area contributed by atoms with Crippen molar-refractivity contribution in [2.24, 2.45) is 0 Å². The van der Waals surface area contributed by atoms with Crippen LogP contribution in [-0.4, -0.2) is 44.7 Å². The molecule has 112 valence electrons. The first-order valence-electron chi connectivity index (χ1n) is 6.69. The topological polar surface area (TPSA) is 66.5 Å². The monoisotopic (exact) mass is 280 g/mol. The summed E-state index contributed by atoms with van der Waals surface area (Å²) in [4.78, 5) is 18.0. The van der Waals surface area contributed by atoms with Gasteiger partial charge >= 0.3 is 0 Å². The van der Waals surface area contributed by atoms with Crippen LogP contribution in [0.4, 0.5) is 11.4 Å². The minimum atomic E-state index is -0.0625. The lowest BCUT2D eigenvalue weighted by atomic mass is 10.3. The molecule has 0 saturated heterocycles. The van der Waals surface area contributed by atoms with Gasteiger partial charge in [0, 0.05) is 39.3 Å². The van der Waals surface area contributed by atoms with Gasteiger partial charge in [0.1, 0.15) is 5.69 Å². The lowest BCUT2D eigenvalue weighted by molar-refractivity contribution is -0.116. The number of hydrogen-bond donors (Lipinski definition) is 2. The van der Waals surface area contributed by atoms with Gasteiger partial charge in [-0.05, 0) is 6.07 Å². The number of aromatic nitrogens is 1. The number of hydrogen-bond acceptors (Lipinski definition) is 5. The largest absolute Gasteiger partial charge is 0.479 e. The second-order valence-electron chi connectivity index (χ2n) is 5.02. The highest BCUT2D eigenvalue weighted by atomic mass is 16.5. The lowest BCUT2D eigenvalue weighted by Gasteiger charge is -2.19. The number of pyridine rings is 1. The summed E-state index contributed by atoms with van der Waals surface area (Å²) in [6.07, 6.45) is 2.06. The van der Waals surface area contributed by atoms with Crippen LogP contribution in [0.25, 0.3) is 0 Å². The molecule has 1 heterocycles. The van der Waals surface area contributed by atoms with Crippen LogP contribution in [-0.2, 0) is 4.79 Å². The van der Waals surface area contributed by atoms with Gasteiger partial charge in [-0.1, -0.05) is 13.8 Å². The second-order valence-corrected chi connectivity index (χ2v) is 5.02. The van der Waals surface area contributed by atoms with Gasteiger partial charge < -0.3 is 20.3 Å². The van der Waals surface area contributed by atoms with E-state index < -0.39 is 0 Å². The summed E-state index contributed by atoms with van der Waals surface area (Å²) in [7, 11) is 5.35. The summed E-state index contributed by atoms with van der Waals surface area (Å²) in [5.41, 5.74) is 1.47. The molecule has 1 amide bonds. The number of carbonyl (C=O) groups excluding carboxylic acids is 1. The smallest absolute Gasteiger partial charge is 0.239 e. The molecule has 6 heteroatoms. The molecule has 1 aromatic rings. The van der Waals surface area contributed by atoms with Crippen LogP contribution < -0.4 is 20.3 Å². The first kappa shape index (κ1) is 16.2. The SMILES string of the molecule is COc1nccc(N(C)C)c1NC(=O)CCNC(C)C. The van der Waals surface area contributed by atoms with Crippen LogP contribution in [0.2, 0.25) is 0 Å². The summed E-state index contributed by atoms with van der Waals surface area (Å²) >= 11 is 0. The highest BCUT2D eigenvalue weighted by Gasteiger charge is 2.14. The van der Waals surface area contributed by atoms with Gasteiger partial charge in [-0.3, -0.25) is 4.79 Å². The van der Waals surface area contributed by atoms with Crippen molar-refractivity contribution in [1.82, 2.24) is 10.3 Å². The van der Waals surface area contributed by atoms with E-state index in [-0.39, 0.29) is 5.91 Å². The van der Waals surface area contributed by atoms with Gasteiger partial charge in [0.25, 0.3) is 0 Å². The summed E-state index contributed by atoms with van der Waals surface area (Å²) in [5.74, 6) is 0.355. The molecule has 0 radical (unpaired) electrons. The fourth-order valence-electron chi connectivity index (χ4n) is 1.75. The lowest BCUT2D eigenvalue weighted by Crippen LogP contribution is -2.27. The van der Waals surface area contributed by atoms with Gasteiger partial charge in [-0.15, -0.1) is 0 Å². The second kappa shape index (κ2) is 7.69. The van der Waals surface area contributed by atoms with Crippen LogP contribution in [0.15, 0.2) is 12.3 Å². The fourth-order valence-corrected chi connectivity index (χ4v) is 1.75. The quantitative estimate of drug-likeness (QED) is 0.792. The van der Waals surface area contributed by atoms with E-state index in [1.807, 2.05) is 38.9 Å². The maximum Gasteiger partial charge on any atom is 0.239 e. The van der Waals surface area contributed by atoms with E-state index in [0.29, 0.717) is 30.6 Å². The molecule has 1 aromatic heterocycles. The van der Waals surface area contributed by atoms with E-state index in [0.717, 1.165) is 5.69 Å². The number of rotatable bonds is 7. The Kier molecular flexibility index (Phi) is 6.24. The number of carbonyl (C=O) groups is 1. The van der Waals surface area contributed by atoms with E-state index >= 15 is 0 Å². The number of nitrogens with zero attached hydrogens (tertiary/aromatic N) is 2. The number of nitrogens with one attached hydrogen (secondary N) is 2. The van der Waals surface area contributed by atoms with Gasteiger partial charge in [-0.25, -0.2) is 4.98 Å². The number of ether oxygens (including phenoxy) is 1. The third-order valence-corrected chi connectivity index (χ3v) is 2.74. The molecule has 0 aliphatic rings. The summed E-state index contributed by atoms with van der Waals surface area (Å²) in [6.45, 7) is 4.74. The van der Waals surface area contributed by atoms with Crippen molar-refractivity contribution in [1.29, 1.82) is 0 Å². The minimum Gasteiger partial charge on any atom is -0.479 e. The van der Waals surface area contributed by atoms with Crippen LogP contribution in [0.3, 0.4) is 0 Å². The number of amides is 1. The molecule has 0 aliphatic carbocycles. The molecule has 0 aromatic carbocycles. The van der Waals surface area contributed by atoms with E-state index in [4.69, 9.17) is 4.74 Å². The van der Waals surface area contributed by atoms with E-state index in [9.17, 15) is 4.79 Å². The Balaban J connectivity index is 2.77. The van der Waals surface area contributed by atoms with Crippen LogP contribution >= 0.6 is 0 Å². The maximum absolute atomic E-state index is 12.0. The highest BCUT2D eigenvalue weighted by molar-refractivity contribution is 5.96. The molecule has 20 heavy (non-hydrogen) atoms. The number of anilines is 2. The average molecular weight is 280 g/mol. The zero-order chi connectivity index (χ0) is 15.1. The third-order valence-electron chi connectivity index (χ3n) is 2.74. The Morgan fingerprint density at radius 1 is 1.45 bits per heavy atom. The molecule has 0 unspecified atom stereocenters. The molecule has 6 nitrogen and oxygen atoms in total. The summed E-state index contributed by atoms with van der Waals surface area (Å²) < 4.78 is 5.21. The molecule has 0 atom stereocenters. The Morgan fingerprint density at radius 3 is 2.70 bits per heavy atom. The van der Waals surface area contributed by atoms with Crippen molar-refractivity contribution >= 4 is 17.3 Å². The van der Waals surface area contributed by atoms with Crippen molar-refractivity contribution in [3.63, 3.8) is 0 Å². The molecule has 0 saturated carbocycles. The first-order chi connectivity index (χ1) is 9.45. The van der Waals surface area contributed by atoms with Crippen LogP contribution in [0, 0.1) is 0 Å². The van der Waals surface area contributed by atoms with Gasteiger partial charge in [0.15, 0.2) is 0 Å². The zero-order valence-electron chi connectivity index (χ0n) is 12.9. The Labute approximate surface area is 120 Å². The van der Waals surface area contributed by atoms with Gasteiger partial charge in [0.05, 0.1) is 12.8 Å².